The molecule has 1 aliphatic rings. The van der Waals surface area contributed by atoms with Crippen molar-refractivity contribution >= 4 is 28.9 Å². The molecule has 1 saturated heterocycles. The molecule has 1 atom stereocenters. The molecule has 5 heteroatoms. The summed E-state index contributed by atoms with van der Waals surface area (Å²) in [5, 5.41) is 3.64. The van der Waals surface area contributed by atoms with Gasteiger partial charge in [-0.15, -0.1) is 0 Å². The fourth-order valence-electron chi connectivity index (χ4n) is 3.52. The summed E-state index contributed by atoms with van der Waals surface area (Å²) in [5.74, 6) is 1.03. The van der Waals surface area contributed by atoms with Crippen molar-refractivity contribution in [3.8, 4) is 5.75 Å². The molecule has 3 rings (SSSR count). The molecule has 0 spiro atoms. The number of carbonyl (C=O) groups excluding carboxylic acids is 1. The molecule has 1 aliphatic heterocycles. The molecule has 0 aromatic heterocycles. The maximum atomic E-state index is 12.5. The quantitative estimate of drug-likeness (QED) is 0.632. The first kappa shape index (κ1) is 20.5. The van der Waals surface area contributed by atoms with E-state index in [4.69, 9.17) is 16.3 Å². The predicted molar refractivity (Wildman–Crippen MR) is 117 cm³/mol. The average molecular weight is 401 g/mol. The molecule has 4 nitrogen and oxygen atoms in total. The van der Waals surface area contributed by atoms with E-state index in [1.165, 1.54) is 12.0 Å². The van der Waals surface area contributed by atoms with Gasteiger partial charge in [-0.2, -0.15) is 0 Å². The zero-order chi connectivity index (χ0) is 19.9. The summed E-state index contributed by atoms with van der Waals surface area (Å²) in [5.41, 5.74) is 2.94. The number of anilines is 2. The number of para-hydroxylation sites is 1. The van der Waals surface area contributed by atoms with Gasteiger partial charge in [-0.1, -0.05) is 43.6 Å². The summed E-state index contributed by atoms with van der Waals surface area (Å²) in [7, 11) is 0. The van der Waals surface area contributed by atoms with Crippen LogP contribution in [0.1, 0.15) is 51.0 Å². The second-order valence-corrected chi connectivity index (χ2v) is 7.81. The molecule has 2 aromatic rings. The van der Waals surface area contributed by atoms with Crippen molar-refractivity contribution in [2.75, 3.05) is 29.9 Å². The maximum Gasteiger partial charge on any atom is 0.262 e. The van der Waals surface area contributed by atoms with E-state index < -0.39 is 0 Å². The van der Waals surface area contributed by atoms with Gasteiger partial charge in [0.15, 0.2) is 6.61 Å². The molecular formula is C23H29ClN2O2. The van der Waals surface area contributed by atoms with Crippen molar-refractivity contribution in [3.05, 3.63) is 53.1 Å². The van der Waals surface area contributed by atoms with E-state index in [2.05, 4.69) is 36.2 Å². The first-order valence-electron chi connectivity index (χ1n) is 10.1. The number of nitrogens with one attached hydrogen (secondary N) is 1. The summed E-state index contributed by atoms with van der Waals surface area (Å²) in [6, 6.07) is 13.6. The second-order valence-electron chi connectivity index (χ2n) is 7.40. The van der Waals surface area contributed by atoms with Crippen LogP contribution in [-0.2, 0) is 4.79 Å². The molecule has 1 amide bonds. The smallest absolute Gasteiger partial charge is 0.262 e. The molecule has 0 saturated carbocycles. The van der Waals surface area contributed by atoms with Crippen LogP contribution in [0.2, 0.25) is 5.02 Å². The zero-order valence-electron chi connectivity index (χ0n) is 16.7. The Morgan fingerprint density at radius 3 is 2.54 bits per heavy atom. The third kappa shape index (κ3) is 5.20. The topological polar surface area (TPSA) is 41.6 Å². The van der Waals surface area contributed by atoms with Crippen LogP contribution in [0.3, 0.4) is 0 Å². The minimum absolute atomic E-state index is 0.0331. The van der Waals surface area contributed by atoms with Crippen LogP contribution in [0.5, 0.6) is 5.75 Å². The van der Waals surface area contributed by atoms with Crippen molar-refractivity contribution in [2.45, 2.75) is 45.4 Å². The molecule has 150 valence electrons. The lowest BCUT2D eigenvalue weighted by Crippen LogP contribution is -2.31. The lowest BCUT2D eigenvalue weighted by Gasteiger charge is -2.31. The number of ether oxygens (including phenoxy) is 1. The summed E-state index contributed by atoms with van der Waals surface area (Å²) in [6.45, 7) is 6.27. The Morgan fingerprint density at radius 1 is 1.14 bits per heavy atom. The Labute approximate surface area is 172 Å². The first-order valence-corrected chi connectivity index (χ1v) is 10.5. The van der Waals surface area contributed by atoms with Crippen molar-refractivity contribution in [3.63, 3.8) is 0 Å². The Kier molecular flexibility index (Phi) is 7.21. The second kappa shape index (κ2) is 9.83. The predicted octanol–water partition coefficient (Wildman–Crippen LogP) is 5.86. The Hall–Kier alpha value is -2.20. The third-order valence-corrected chi connectivity index (χ3v) is 5.67. The number of hydrogen-bond donors (Lipinski definition) is 1. The number of nitrogens with zero attached hydrogens (tertiary/aromatic N) is 1. The Balaban J connectivity index is 1.61. The van der Waals surface area contributed by atoms with Crippen LogP contribution in [0.15, 0.2) is 42.5 Å². The van der Waals surface area contributed by atoms with E-state index >= 15 is 0 Å². The lowest BCUT2D eigenvalue weighted by atomic mass is 9.99. The lowest BCUT2D eigenvalue weighted by molar-refractivity contribution is -0.118. The number of halogens is 1. The molecular weight excluding hydrogens is 372 g/mol. The minimum Gasteiger partial charge on any atom is -0.484 e. The standard InChI is InChI=1S/C23H29ClN2O2/c1-3-17(2)18-10-12-19(13-11-18)28-16-22(27)25-21-9-7-8-20(24)23(21)26-14-5-4-6-15-26/h7-13,17H,3-6,14-16H2,1-2H3,(H,25,27). The normalized spacial score (nSPS) is 15.2. The Morgan fingerprint density at radius 2 is 1.86 bits per heavy atom. The number of hydrogen-bond acceptors (Lipinski definition) is 3. The van der Waals surface area contributed by atoms with E-state index in [9.17, 15) is 4.79 Å². The highest BCUT2D eigenvalue weighted by atomic mass is 35.5. The summed E-state index contributed by atoms with van der Waals surface area (Å²) < 4.78 is 5.67. The number of carbonyl (C=O) groups is 1. The molecule has 1 fully saturated rings. The molecule has 0 radical (unpaired) electrons. The number of benzene rings is 2. The van der Waals surface area contributed by atoms with Crippen molar-refractivity contribution in [1.82, 2.24) is 0 Å². The monoisotopic (exact) mass is 400 g/mol. The molecule has 1 N–H and O–H groups in total. The van der Waals surface area contributed by atoms with Crippen LogP contribution >= 0.6 is 11.6 Å². The van der Waals surface area contributed by atoms with Gasteiger partial charge in [0.05, 0.1) is 16.4 Å². The van der Waals surface area contributed by atoms with E-state index in [1.54, 1.807) is 0 Å². The van der Waals surface area contributed by atoms with Crippen molar-refractivity contribution in [1.29, 1.82) is 0 Å². The number of amides is 1. The highest BCUT2D eigenvalue weighted by molar-refractivity contribution is 6.34. The highest BCUT2D eigenvalue weighted by Gasteiger charge is 2.19. The van der Waals surface area contributed by atoms with Gasteiger partial charge < -0.3 is 15.0 Å². The van der Waals surface area contributed by atoms with Crippen molar-refractivity contribution < 1.29 is 9.53 Å². The highest BCUT2D eigenvalue weighted by Crippen LogP contribution is 2.35. The van der Waals surface area contributed by atoms with Gasteiger partial charge in [0.1, 0.15) is 5.75 Å². The molecule has 0 aliphatic carbocycles. The van der Waals surface area contributed by atoms with E-state index in [0.29, 0.717) is 16.7 Å². The SMILES string of the molecule is CCC(C)c1ccc(OCC(=O)Nc2cccc(Cl)c2N2CCCCC2)cc1. The van der Waals surface area contributed by atoms with Crippen LogP contribution in [0.25, 0.3) is 0 Å². The Bertz CT molecular complexity index is 786. The van der Waals surface area contributed by atoms with Gasteiger partial charge in [-0.3, -0.25) is 4.79 Å². The zero-order valence-corrected chi connectivity index (χ0v) is 17.5. The van der Waals surface area contributed by atoms with Crippen molar-refractivity contribution in [2.24, 2.45) is 0 Å². The van der Waals surface area contributed by atoms with Gasteiger partial charge in [0, 0.05) is 13.1 Å². The molecule has 28 heavy (non-hydrogen) atoms. The summed E-state index contributed by atoms with van der Waals surface area (Å²) in [6.07, 6.45) is 4.64. The molecule has 1 heterocycles. The van der Waals surface area contributed by atoms with E-state index in [0.717, 1.165) is 43.7 Å². The molecule has 1 unspecified atom stereocenters. The summed E-state index contributed by atoms with van der Waals surface area (Å²) >= 11 is 6.45. The minimum atomic E-state index is -0.188. The van der Waals surface area contributed by atoms with Gasteiger partial charge in [0.25, 0.3) is 5.91 Å². The molecule has 2 aromatic carbocycles. The van der Waals surface area contributed by atoms with Gasteiger partial charge in [-0.25, -0.2) is 0 Å². The number of rotatable bonds is 7. The van der Waals surface area contributed by atoms with Crippen LogP contribution in [0.4, 0.5) is 11.4 Å². The van der Waals surface area contributed by atoms with Gasteiger partial charge >= 0.3 is 0 Å². The van der Waals surface area contributed by atoms with Crippen LogP contribution in [-0.4, -0.2) is 25.6 Å². The van der Waals surface area contributed by atoms with Gasteiger partial charge in [-0.05, 0) is 61.4 Å². The third-order valence-electron chi connectivity index (χ3n) is 5.36. The average Bonchev–Trinajstić information content (AvgIpc) is 2.73. The van der Waals surface area contributed by atoms with E-state index in [-0.39, 0.29) is 12.5 Å². The fraction of sp³-hybridized carbons (Fsp3) is 0.435. The molecule has 0 bridgehead atoms. The van der Waals surface area contributed by atoms with Crippen LogP contribution in [0, 0.1) is 0 Å². The first-order chi connectivity index (χ1) is 13.6. The largest absolute Gasteiger partial charge is 0.484 e. The summed E-state index contributed by atoms with van der Waals surface area (Å²) in [4.78, 5) is 14.7. The van der Waals surface area contributed by atoms with E-state index in [1.807, 2.05) is 30.3 Å². The van der Waals surface area contributed by atoms with Gasteiger partial charge in [0.2, 0.25) is 0 Å². The number of piperidine rings is 1. The maximum absolute atomic E-state index is 12.5. The fourth-order valence-corrected chi connectivity index (χ4v) is 3.81. The van der Waals surface area contributed by atoms with Crippen LogP contribution < -0.4 is 15.0 Å².